The van der Waals surface area contributed by atoms with Gasteiger partial charge in [0, 0.05) is 10.9 Å². The van der Waals surface area contributed by atoms with Gasteiger partial charge in [-0.1, -0.05) is 12.1 Å². The first-order valence-electron chi connectivity index (χ1n) is 4.19. The smallest absolute Gasteiger partial charge is 0.327 e. The molecule has 1 aromatic heterocycles. The lowest BCUT2D eigenvalue weighted by molar-refractivity contribution is -0.140. The molecule has 1 nitrogen and oxygen atoms in total. The zero-order valence-corrected chi connectivity index (χ0v) is 9.63. The highest BCUT2D eigenvalue weighted by molar-refractivity contribution is 14.1. The van der Waals surface area contributed by atoms with E-state index in [1.807, 2.05) is 22.6 Å². The van der Waals surface area contributed by atoms with Crippen molar-refractivity contribution in [1.82, 2.24) is 4.57 Å². The summed E-state index contributed by atoms with van der Waals surface area (Å²) in [5, 5.41) is 0.714. The Morgan fingerprint density at radius 3 is 2.80 bits per heavy atom. The molecule has 0 unspecified atom stereocenters. The minimum absolute atomic E-state index is 0.569. The van der Waals surface area contributed by atoms with Crippen LogP contribution >= 0.6 is 22.6 Å². The van der Waals surface area contributed by atoms with Crippen molar-refractivity contribution in [1.29, 1.82) is 0 Å². The summed E-state index contributed by atoms with van der Waals surface area (Å²) < 4.78 is 38.7. The Bertz CT molecular complexity index is 487. The summed E-state index contributed by atoms with van der Waals surface area (Å²) in [5.41, 5.74) is 0.569. The van der Waals surface area contributed by atoms with E-state index in [1.165, 1.54) is 4.57 Å². The van der Waals surface area contributed by atoms with Crippen LogP contribution in [-0.2, 0) is 6.54 Å². The molecule has 0 spiro atoms. The molecule has 5 heteroatoms. The lowest BCUT2D eigenvalue weighted by Crippen LogP contribution is -2.18. The first-order chi connectivity index (χ1) is 6.97. The highest BCUT2D eigenvalue weighted by atomic mass is 127. The molecule has 0 amide bonds. The summed E-state index contributed by atoms with van der Waals surface area (Å²) in [6.07, 6.45) is -4.19. The zero-order valence-electron chi connectivity index (χ0n) is 7.48. The Kier molecular flexibility index (Phi) is 2.66. The fourth-order valence-electron chi connectivity index (χ4n) is 1.44. The van der Waals surface area contributed by atoms with Gasteiger partial charge in [-0.25, -0.2) is 0 Å². The van der Waals surface area contributed by atoms with Gasteiger partial charge in [-0.3, -0.25) is 0 Å². The Labute approximate surface area is 98.0 Å². The van der Waals surface area contributed by atoms with E-state index in [9.17, 15) is 13.2 Å². The molecule has 0 fully saturated rings. The highest BCUT2D eigenvalue weighted by Crippen LogP contribution is 2.25. The molecule has 0 saturated carbocycles. The fraction of sp³-hybridized carbons (Fsp3) is 0.200. The summed E-state index contributed by atoms with van der Waals surface area (Å²) in [4.78, 5) is 0. The molecular formula is C10H6F3IN. The van der Waals surface area contributed by atoms with E-state index in [0.29, 0.717) is 14.6 Å². The van der Waals surface area contributed by atoms with Crippen molar-refractivity contribution in [2.24, 2.45) is 0 Å². The average Bonchev–Trinajstić information content (AvgIpc) is 2.41. The topological polar surface area (TPSA) is 4.93 Å². The number of hydrogen-bond acceptors (Lipinski definition) is 0. The number of nitrogens with zero attached hydrogens (tertiary/aromatic N) is 1. The number of aromatic nitrogens is 1. The molecule has 0 N–H and O–H groups in total. The third-order valence-electron chi connectivity index (χ3n) is 2.01. The van der Waals surface area contributed by atoms with Crippen molar-refractivity contribution in [2.75, 3.05) is 0 Å². The van der Waals surface area contributed by atoms with Crippen LogP contribution in [0, 0.1) is 9.77 Å². The molecule has 0 atom stereocenters. The lowest BCUT2D eigenvalue weighted by atomic mass is 10.2. The molecule has 79 valence electrons. The SMILES string of the molecule is FC(F)(F)Cn1c(I)cc2[c]cccc21. The monoisotopic (exact) mass is 324 g/mol. The Balaban J connectivity index is 2.54. The molecular weight excluding hydrogens is 318 g/mol. The molecule has 2 aromatic rings. The number of fused-ring (bicyclic) bond motifs is 1. The van der Waals surface area contributed by atoms with Crippen molar-refractivity contribution in [3.8, 4) is 0 Å². The van der Waals surface area contributed by atoms with Crippen molar-refractivity contribution < 1.29 is 13.2 Å². The largest absolute Gasteiger partial charge is 0.406 e. The van der Waals surface area contributed by atoms with Gasteiger partial charge in [-0.05, 0) is 40.8 Å². The second kappa shape index (κ2) is 3.70. The van der Waals surface area contributed by atoms with Crippen LogP contribution in [0.25, 0.3) is 10.9 Å². The van der Waals surface area contributed by atoms with Crippen molar-refractivity contribution in [3.63, 3.8) is 0 Å². The molecule has 15 heavy (non-hydrogen) atoms. The molecule has 1 aromatic carbocycles. The van der Waals surface area contributed by atoms with E-state index >= 15 is 0 Å². The maximum absolute atomic E-state index is 12.3. The van der Waals surface area contributed by atoms with Crippen LogP contribution in [-0.4, -0.2) is 10.7 Å². The molecule has 0 aliphatic heterocycles. The number of rotatable bonds is 1. The van der Waals surface area contributed by atoms with Crippen LogP contribution in [0.1, 0.15) is 0 Å². The molecule has 0 bridgehead atoms. The fourth-order valence-corrected chi connectivity index (χ4v) is 2.19. The number of hydrogen-bond donors (Lipinski definition) is 0. The predicted molar refractivity (Wildman–Crippen MR) is 59.5 cm³/mol. The quantitative estimate of drug-likeness (QED) is 0.707. The van der Waals surface area contributed by atoms with Gasteiger partial charge < -0.3 is 4.57 Å². The van der Waals surface area contributed by atoms with Gasteiger partial charge in [0.2, 0.25) is 0 Å². The Morgan fingerprint density at radius 2 is 2.13 bits per heavy atom. The molecule has 0 aliphatic carbocycles. The second-order valence-corrected chi connectivity index (χ2v) is 4.24. The first-order valence-corrected chi connectivity index (χ1v) is 5.27. The summed E-state index contributed by atoms with van der Waals surface area (Å²) in [6, 6.07) is 9.64. The van der Waals surface area contributed by atoms with Gasteiger partial charge in [0.15, 0.2) is 0 Å². The number of alkyl halides is 3. The van der Waals surface area contributed by atoms with Crippen molar-refractivity contribution in [2.45, 2.75) is 12.7 Å². The van der Waals surface area contributed by atoms with E-state index in [0.717, 1.165) is 0 Å². The third kappa shape index (κ3) is 2.27. The maximum atomic E-state index is 12.3. The van der Waals surface area contributed by atoms with Crippen LogP contribution in [0.3, 0.4) is 0 Å². The third-order valence-corrected chi connectivity index (χ3v) is 2.91. The molecule has 0 aliphatic rings. The van der Waals surface area contributed by atoms with E-state index in [2.05, 4.69) is 6.07 Å². The minimum atomic E-state index is -4.19. The van der Waals surface area contributed by atoms with Crippen LogP contribution in [0.15, 0.2) is 24.3 Å². The van der Waals surface area contributed by atoms with Crippen LogP contribution in [0.2, 0.25) is 0 Å². The van der Waals surface area contributed by atoms with Crippen molar-refractivity contribution in [3.05, 3.63) is 34.0 Å². The highest BCUT2D eigenvalue weighted by Gasteiger charge is 2.29. The van der Waals surface area contributed by atoms with Crippen molar-refractivity contribution >= 4 is 33.5 Å². The van der Waals surface area contributed by atoms with Gasteiger partial charge in [0.25, 0.3) is 0 Å². The summed E-state index contributed by atoms with van der Waals surface area (Å²) in [7, 11) is 0. The Hall–Kier alpha value is -0.720. The van der Waals surface area contributed by atoms with E-state index < -0.39 is 12.7 Å². The van der Waals surface area contributed by atoms with E-state index in [-0.39, 0.29) is 0 Å². The van der Waals surface area contributed by atoms with Gasteiger partial charge in [-0.2, -0.15) is 13.2 Å². The van der Waals surface area contributed by atoms with E-state index in [1.54, 1.807) is 24.3 Å². The summed E-state index contributed by atoms with van der Waals surface area (Å²) in [6.45, 7) is -0.952. The van der Waals surface area contributed by atoms with Gasteiger partial charge in [-0.15, -0.1) is 0 Å². The van der Waals surface area contributed by atoms with E-state index in [4.69, 9.17) is 0 Å². The second-order valence-electron chi connectivity index (χ2n) is 3.14. The van der Waals surface area contributed by atoms with Crippen LogP contribution < -0.4 is 0 Å². The molecule has 2 rings (SSSR count). The molecule has 0 saturated heterocycles. The zero-order chi connectivity index (χ0) is 11.1. The minimum Gasteiger partial charge on any atom is -0.327 e. The van der Waals surface area contributed by atoms with Gasteiger partial charge >= 0.3 is 6.18 Å². The van der Waals surface area contributed by atoms with Crippen LogP contribution in [0.5, 0.6) is 0 Å². The average molecular weight is 324 g/mol. The number of halogens is 4. The van der Waals surface area contributed by atoms with Crippen LogP contribution in [0.4, 0.5) is 13.2 Å². The predicted octanol–water partition coefficient (Wildman–Crippen LogP) is 3.61. The molecule has 1 heterocycles. The first kappa shape index (κ1) is 10.8. The number of benzene rings is 1. The maximum Gasteiger partial charge on any atom is 0.406 e. The molecule has 1 radical (unpaired) electrons. The standard InChI is InChI=1S/C10H6F3IN/c11-10(12,13)6-15-8-4-2-1-3-7(8)5-9(15)14/h1-2,4-5H,6H2. The normalized spacial score (nSPS) is 12.3. The van der Waals surface area contributed by atoms with Gasteiger partial charge in [0.05, 0.1) is 3.70 Å². The lowest BCUT2D eigenvalue weighted by Gasteiger charge is -2.10. The summed E-state index contributed by atoms with van der Waals surface area (Å²) in [5.74, 6) is 0. The Morgan fingerprint density at radius 1 is 1.40 bits per heavy atom. The van der Waals surface area contributed by atoms with Gasteiger partial charge in [0.1, 0.15) is 6.54 Å². The summed E-state index contributed by atoms with van der Waals surface area (Å²) >= 11 is 1.90.